The van der Waals surface area contributed by atoms with Gasteiger partial charge in [-0.05, 0) is 31.1 Å². The van der Waals surface area contributed by atoms with Crippen molar-refractivity contribution in [2.24, 2.45) is 0 Å². The van der Waals surface area contributed by atoms with Crippen LogP contribution in [0.15, 0.2) is 29.9 Å². The zero-order valence-electron chi connectivity index (χ0n) is 15.1. The summed E-state index contributed by atoms with van der Waals surface area (Å²) in [5.41, 5.74) is 2.63. The zero-order valence-corrected chi connectivity index (χ0v) is 15.1. The van der Waals surface area contributed by atoms with Crippen molar-refractivity contribution in [2.45, 2.75) is 19.8 Å². The SMILES string of the molecule is C=C(C(=O)OCC)C1C(C(=O)OC)=C(C)c2c(OC)cc(OC)cc21. The van der Waals surface area contributed by atoms with Crippen LogP contribution >= 0.6 is 0 Å². The average Bonchev–Trinajstić information content (AvgIpc) is 2.92. The number of benzene rings is 1. The number of esters is 2. The Balaban J connectivity index is 2.71. The van der Waals surface area contributed by atoms with Gasteiger partial charge in [-0.15, -0.1) is 0 Å². The third-order valence-electron chi connectivity index (χ3n) is 4.23. The molecule has 1 atom stereocenters. The van der Waals surface area contributed by atoms with E-state index in [1.165, 1.54) is 21.3 Å². The van der Waals surface area contributed by atoms with E-state index in [1.54, 1.807) is 26.0 Å². The van der Waals surface area contributed by atoms with E-state index in [2.05, 4.69) is 6.58 Å². The third-order valence-corrected chi connectivity index (χ3v) is 4.23. The highest BCUT2D eigenvalue weighted by atomic mass is 16.5. The third kappa shape index (κ3) is 3.12. The highest BCUT2D eigenvalue weighted by Gasteiger charge is 2.40. The van der Waals surface area contributed by atoms with Gasteiger partial charge in [-0.3, -0.25) is 0 Å². The summed E-state index contributed by atoms with van der Waals surface area (Å²) in [6.45, 7) is 7.59. The van der Waals surface area contributed by atoms with Gasteiger partial charge >= 0.3 is 11.9 Å². The van der Waals surface area contributed by atoms with E-state index in [0.717, 1.165) is 5.56 Å². The first-order valence-electron chi connectivity index (χ1n) is 7.82. The number of fused-ring (bicyclic) bond motifs is 1. The van der Waals surface area contributed by atoms with Crippen LogP contribution in [0.5, 0.6) is 11.5 Å². The van der Waals surface area contributed by atoms with Crippen LogP contribution in [0.25, 0.3) is 5.57 Å². The van der Waals surface area contributed by atoms with Gasteiger partial charge in [-0.2, -0.15) is 0 Å². The molecule has 6 nitrogen and oxygen atoms in total. The topological polar surface area (TPSA) is 71.1 Å². The standard InChI is InChI=1S/C19H22O6/c1-7-25-18(20)11(3)16-13-8-12(22-4)9-14(23-5)15(13)10(2)17(16)19(21)24-6/h8-9,16H,3,7H2,1-2,4-6H3. The van der Waals surface area contributed by atoms with Crippen LogP contribution in [-0.4, -0.2) is 39.9 Å². The van der Waals surface area contributed by atoms with Crippen LogP contribution in [0, 0.1) is 0 Å². The van der Waals surface area contributed by atoms with Crippen LogP contribution in [0.1, 0.15) is 30.9 Å². The lowest BCUT2D eigenvalue weighted by Gasteiger charge is -2.18. The monoisotopic (exact) mass is 346 g/mol. The molecule has 1 unspecified atom stereocenters. The second-order valence-electron chi connectivity index (χ2n) is 5.50. The minimum Gasteiger partial charge on any atom is -0.497 e. The molecular formula is C19H22O6. The molecule has 1 aliphatic carbocycles. The average molecular weight is 346 g/mol. The molecule has 1 aromatic carbocycles. The molecular weight excluding hydrogens is 324 g/mol. The fourth-order valence-corrected chi connectivity index (χ4v) is 3.11. The Bertz CT molecular complexity index is 759. The van der Waals surface area contributed by atoms with Crippen LogP contribution in [0.2, 0.25) is 0 Å². The highest BCUT2D eigenvalue weighted by molar-refractivity contribution is 6.07. The number of carbonyl (C=O) groups excluding carboxylic acids is 2. The first-order chi connectivity index (χ1) is 11.9. The molecule has 0 saturated heterocycles. The predicted molar refractivity (Wildman–Crippen MR) is 92.7 cm³/mol. The molecule has 1 aromatic rings. The molecule has 0 radical (unpaired) electrons. The number of carbonyl (C=O) groups is 2. The Morgan fingerprint density at radius 1 is 1.16 bits per heavy atom. The van der Waals surface area contributed by atoms with Crippen molar-refractivity contribution in [3.8, 4) is 11.5 Å². The van der Waals surface area contributed by atoms with Gasteiger partial charge in [0.15, 0.2) is 0 Å². The van der Waals surface area contributed by atoms with E-state index in [4.69, 9.17) is 18.9 Å². The van der Waals surface area contributed by atoms with Crippen molar-refractivity contribution >= 4 is 17.5 Å². The zero-order chi connectivity index (χ0) is 18.7. The summed E-state index contributed by atoms with van der Waals surface area (Å²) in [5, 5.41) is 0. The first-order valence-corrected chi connectivity index (χ1v) is 7.82. The second kappa shape index (κ2) is 7.42. The maximum absolute atomic E-state index is 12.4. The maximum Gasteiger partial charge on any atom is 0.335 e. The largest absolute Gasteiger partial charge is 0.497 e. The van der Waals surface area contributed by atoms with Crippen molar-refractivity contribution in [1.82, 2.24) is 0 Å². The summed E-state index contributed by atoms with van der Waals surface area (Å²) < 4.78 is 20.8. The lowest BCUT2D eigenvalue weighted by atomic mass is 9.88. The van der Waals surface area contributed by atoms with Crippen molar-refractivity contribution in [3.05, 3.63) is 41.0 Å². The quantitative estimate of drug-likeness (QED) is 0.583. The molecule has 25 heavy (non-hydrogen) atoms. The predicted octanol–water partition coefficient (Wildman–Crippen LogP) is 2.87. The van der Waals surface area contributed by atoms with Crippen LogP contribution < -0.4 is 9.47 Å². The molecule has 0 saturated carbocycles. The van der Waals surface area contributed by atoms with E-state index in [-0.39, 0.29) is 12.2 Å². The first kappa shape index (κ1) is 18.6. The van der Waals surface area contributed by atoms with Crippen LogP contribution in [0.3, 0.4) is 0 Å². The molecule has 0 spiro atoms. The number of ether oxygens (including phenoxy) is 4. The van der Waals surface area contributed by atoms with Crippen molar-refractivity contribution in [2.75, 3.05) is 27.9 Å². The van der Waals surface area contributed by atoms with Gasteiger partial charge in [0.2, 0.25) is 0 Å². The molecule has 6 heteroatoms. The Kier molecular flexibility index (Phi) is 5.51. The minimum atomic E-state index is -0.675. The molecule has 0 heterocycles. The van der Waals surface area contributed by atoms with E-state index < -0.39 is 17.9 Å². The summed E-state index contributed by atoms with van der Waals surface area (Å²) in [5.74, 6) is -0.657. The number of rotatable bonds is 6. The molecule has 0 fully saturated rings. The molecule has 1 aliphatic rings. The Hall–Kier alpha value is -2.76. The molecule has 0 aromatic heterocycles. The number of methoxy groups -OCH3 is 3. The van der Waals surface area contributed by atoms with Gasteiger partial charge in [-0.1, -0.05) is 6.58 Å². The Morgan fingerprint density at radius 3 is 2.36 bits per heavy atom. The van der Waals surface area contributed by atoms with E-state index in [9.17, 15) is 9.59 Å². The van der Waals surface area contributed by atoms with E-state index in [0.29, 0.717) is 28.2 Å². The molecule has 0 amide bonds. The maximum atomic E-state index is 12.4. The van der Waals surface area contributed by atoms with Crippen LogP contribution in [0.4, 0.5) is 0 Å². The number of hydrogen-bond acceptors (Lipinski definition) is 6. The molecule has 2 rings (SSSR count). The molecule has 0 N–H and O–H groups in total. The summed E-state index contributed by atoms with van der Waals surface area (Å²) in [7, 11) is 4.37. The second-order valence-corrected chi connectivity index (χ2v) is 5.50. The van der Waals surface area contributed by atoms with Crippen molar-refractivity contribution in [3.63, 3.8) is 0 Å². The number of allylic oxidation sites excluding steroid dienone is 1. The summed E-state index contributed by atoms with van der Waals surface area (Å²) in [6, 6.07) is 3.50. The van der Waals surface area contributed by atoms with Gasteiger partial charge in [0.05, 0.1) is 33.5 Å². The Morgan fingerprint density at radius 2 is 1.84 bits per heavy atom. The fourth-order valence-electron chi connectivity index (χ4n) is 3.11. The van der Waals surface area contributed by atoms with E-state index >= 15 is 0 Å². The minimum absolute atomic E-state index is 0.163. The van der Waals surface area contributed by atoms with Gasteiger partial charge in [0.25, 0.3) is 0 Å². The van der Waals surface area contributed by atoms with Gasteiger partial charge in [0, 0.05) is 23.1 Å². The van der Waals surface area contributed by atoms with Gasteiger partial charge < -0.3 is 18.9 Å². The van der Waals surface area contributed by atoms with Crippen molar-refractivity contribution < 1.29 is 28.5 Å². The molecule has 0 aliphatic heterocycles. The number of hydrogen-bond donors (Lipinski definition) is 0. The van der Waals surface area contributed by atoms with Crippen LogP contribution in [-0.2, 0) is 19.1 Å². The van der Waals surface area contributed by atoms with Gasteiger partial charge in [0.1, 0.15) is 11.5 Å². The lowest BCUT2D eigenvalue weighted by Crippen LogP contribution is -2.18. The molecule has 134 valence electrons. The highest BCUT2D eigenvalue weighted by Crippen LogP contribution is 2.50. The smallest absolute Gasteiger partial charge is 0.335 e. The fraction of sp³-hybridized carbons (Fsp3) is 0.368. The van der Waals surface area contributed by atoms with E-state index in [1.807, 2.05) is 0 Å². The Labute approximate surface area is 147 Å². The lowest BCUT2D eigenvalue weighted by molar-refractivity contribution is -0.138. The molecule has 0 bridgehead atoms. The van der Waals surface area contributed by atoms with Crippen molar-refractivity contribution in [1.29, 1.82) is 0 Å². The summed E-state index contributed by atoms with van der Waals surface area (Å²) in [4.78, 5) is 24.7. The normalized spacial score (nSPS) is 15.5. The summed E-state index contributed by atoms with van der Waals surface area (Å²) in [6.07, 6.45) is 0. The summed E-state index contributed by atoms with van der Waals surface area (Å²) >= 11 is 0. The van der Waals surface area contributed by atoms with Gasteiger partial charge in [-0.25, -0.2) is 9.59 Å².